The first-order valence-electron chi connectivity index (χ1n) is 7.75. The molecule has 1 unspecified atom stereocenters. The van der Waals surface area contributed by atoms with Crippen LogP contribution in [0.5, 0.6) is 0 Å². The number of rotatable bonds is 3. The molecule has 0 spiro atoms. The van der Waals surface area contributed by atoms with Gasteiger partial charge in [0.05, 0.1) is 6.54 Å². The number of amides is 1. The third-order valence-electron chi connectivity index (χ3n) is 4.32. The molecule has 0 radical (unpaired) electrons. The van der Waals surface area contributed by atoms with Gasteiger partial charge in [-0.3, -0.25) is 9.69 Å². The molecule has 0 bridgehead atoms. The number of nitrogens with zero attached hydrogens (tertiary/aromatic N) is 1. The minimum absolute atomic E-state index is 0.0824. The van der Waals surface area contributed by atoms with Crippen LogP contribution >= 0.6 is 0 Å². The summed E-state index contributed by atoms with van der Waals surface area (Å²) in [6.07, 6.45) is 3.68. The highest BCUT2D eigenvalue weighted by Crippen LogP contribution is 2.19. The summed E-state index contributed by atoms with van der Waals surface area (Å²) in [4.78, 5) is 14.5. The molecule has 2 aromatic rings. The predicted molar refractivity (Wildman–Crippen MR) is 87.5 cm³/mol. The first-order valence-corrected chi connectivity index (χ1v) is 7.75. The van der Waals surface area contributed by atoms with Crippen LogP contribution in [0.15, 0.2) is 42.5 Å². The molecule has 2 aromatic carbocycles. The van der Waals surface area contributed by atoms with E-state index in [2.05, 4.69) is 35.3 Å². The summed E-state index contributed by atoms with van der Waals surface area (Å²) in [6, 6.07) is 14.8. The second-order valence-electron chi connectivity index (χ2n) is 5.93. The lowest BCUT2D eigenvalue weighted by molar-refractivity contribution is -0.118. The Kier molecular flexibility index (Phi) is 4.20. The lowest BCUT2D eigenvalue weighted by atomic mass is 10.0. The highest BCUT2D eigenvalue weighted by Gasteiger charge is 2.20. The highest BCUT2D eigenvalue weighted by atomic mass is 16.2. The summed E-state index contributed by atoms with van der Waals surface area (Å²) in [5.41, 5.74) is 0.878. The van der Waals surface area contributed by atoms with Gasteiger partial charge >= 0.3 is 0 Å². The number of carbonyl (C=O) groups is 1. The van der Waals surface area contributed by atoms with Crippen molar-refractivity contribution in [2.75, 3.05) is 18.4 Å². The van der Waals surface area contributed by atoms with Gasteiger partial charge in [0.1, 0.15) is 0 Å². The second kappa shape index (κ2) is 6.27. The number of carbonyl (C=O) groups excluding carboxylic acids is 1. The van der Waals surface area contributed by atoms with Crippen LogP contribution in [0.25, 0.3) is 10.8 Å². The van der Waals surface area contributed by atoms with Gasteiger partial charge in [0.2, 0.25) is 5.91 Å². The monoisotopic (exact) mass is 282 g/mol. The minimum atomic E-state index is 0.0824. The minimum Gasteiger partial charge on any atom is -0.325 e. The van der Waals surface area contributed by atoms with Gasteiger partial charge in [0.15, 0.2) is 0 Å². The Morgan fingerprint density at radius 3 is 2.81 bits per heavy atom. The molecule has 0 aliphatic carbocycles. The maximum atomic E-state index is 12.2. The van der Waals surface area contributed by atoms with E-state index in [0.29, 0.717) is 12.6 Å². The van der Waals surface area contributed by atoms with E-state index in [1.807, 2.05) is 24.3 Å². The zero-order valence-corrected chi connectivity index (χ0v) is 12.5. The maximum absolute atomic E-state index is 12.2. The van der Waals surface area contributed by atoms with Crippen molar-refractivity contribution in [1.29, 1.82) is 0 Å². The van der Waals surface area contributed by atoms with Gasteiger partial charge in [0, 0.05) is 11.7 Å². The van der Waals surface area contributed by atoms with Crippen LogP contribution in [-0.4, -0.2) is 29.9 Å². The summed E-state index contributed by atoms with van der Waals surface area (Å²) in [6.45, 7) is 3.74. The standard InChI is InChI=1S/C18H22N2O/c1-14-6-4-5-11-20(14)13-18(21)19-17-10-9-15-7-2-3-8-16(15)12-17/h2-3,7-10,12,14H,4-6,11,13H2,1H3,(H,19,21). The molecular formula is C18H22N2O. The van der Waals surface area contributed by atoms with Crippen molar-refractivity contribution in [1.82, 2.24) is 4.90 Å². The van der Waals surface area contributed by atoms with E-state index in [1.165, 1.54) is 24.6 Å². The van der Waals surface area contributed by atoms with E-state index < -0.39 is 0 Å². The fourth-order valence-electron chi connectivity index (χ4n) is 3.04. The van der Waals surface area contributed by atoms with E-state index in [0.717, 1.165) is 17.6 Å². The predicted octanol–water partition coefficient (Wildman–Crippen LogP) is 3.65. The number of piperidine rings is 1. The Balaban J connectivity index is 1.65. The van der Waals surface area contributed by atoms with E-state index in [9.17, 15) is 4.79 Å². The van der Waals surface area contributed by atoms with Crippen molar-refractivity contribution in [2.45, 2.75) is 32.2 Å². The van der Waals surface area contributed by atoms with E-state index in [1.54, 1.807) is 0 Å². The molecular weight excluding hydrogens is 260 g/mol. The van der Waals surface area contributed by atoms with Gasteiger partial charge in [-0.05, 0) is 49.2 Å². The Morgan fingerprint density at radius 1 is 1.19 bits per heavy atom. The lowest BCUT2D eigenvalue weighted by Gasteiger charge is -2.32. The first-order chi connectivity index (χ1) is 10.2. The van der Waals surface area contributed by atoms with E-state index in [4.69, 9.17) is 0 Å². The fourth-order valence-corrected chi connectivity index (χ4v) is 3.04. The zero-order valence-electron chi connectivity index (χ0n) is 12.5. The number of anilines is 1. The molecule has 1 aliphatic heterocycles. The normalized spacial score (nSPS) is 19.6. The molecule has 21 heavy (non-hydrogen) atoms. The number of benzene rings is 2. The Bertz CT molecular complexity index is 638. The largest absolute Gasteiger partial charge is 0.325 e. The molecule has 1 N–H and O–H groups in total. The molecule has 3 heteroatoms. The molecule has 1 amide bonds. The van der Waals surface area contributed by atoms with Gasteiger partial charge in [-0.15, -0.1) is 0 Å². The summed E-state index contributed by atoms with van der Waals surface area (Å²) in [5, 5.41) is 5.37. The van der Waals surface area contributed by atoms with Gasteiger partial charge in [-0.1, -0.05) is 36.8 Å². The molecule has 1 heterocycles. The number of fused-ring (bicyclic) bond motifs is 1. The molecule has 0 saturated carbocycles. The lowest BCUT2D eigenvalue weighted by Crippen LogP contribution is -2.42. The number of nitrogens with one attached hydrogen (secondary N) is 1. The fraction of sp³-hybridized carbons (Fsp3) is 0.389. The third kappa shape index (κ3) is 3.42. The molecule has 3 nitrogen and oxygen atoms in total. The van der Waals surface area contributed by atoms with Crippen LogP contribution in [-0.2, 0) is 4.79 Å². The van der Waals surface area contributed by atoms with Crippen molar-refractivity contribution < 1.29 is 4.79 Å². The highest BCUT2D eigenvalue weighted by molar-refractivity contribution is 5.95. The van der Waals surface area contributed by atoms with Crippen molar-refractivity contribution in [3.05, 3.63) is 42.5 Å². The van der Waals surface area contributed by atoms with Gasteiger partial charge in [-0.2, -0.15) is 0 Å². The van der Waals surface area contributed by atoms with Crippen molar-refractivity contribution in [3.63, 3.8) is 0 Å². The van der Waals surface area contributed by atoms with E-state index >= 15 is 0 Å². The van der Waals surface area contributed by atoms with Gasteiger partial charge in [-0.25, -0.2) is 0 Å². The Hall–Kier alpha value is -1.87. The van der Waals surface area contributed by atoms with Crippen molar-refractivity contribution in [3.8, 4) is 0 Å². The quantitative estimate of drug-likeness (QED) is 0.932. The molecule has 0 aromatic heterocycles. The van der Waals surface area contributed by atoms with Crippen LogP contribution in [0.1, 0.15) is 26.2 Å². The van der Waals surface area contributed by atoms with Gasteiger partial charge < -0.3 is 5.32 Å². The summed E-state index contributed by atoms with van der Waals surface area (Å²) in [5.74, 6) is 0.0824. The van der Waals surface area contributed by atoms with Crippen molar-refractivity contribution in [2.24, 2.45) is 0 Å². The maximum Gasteiger partial charge on any atom is 0.238 e. The number of hydrogen-bond donors (Lipinski definition) is 1. The summed E-state index contributed by atoms with van der Waals surface area (Å²) < 4.78 is 0. The molecule has 1 atom stereocenters. The SMILES string of the molecule is CC1CCCCN1CC(=O)Nc1ccc2ccccc2c1. The molecule has 1 aliphatic rings. The Morgan fingerprint density at radius 2 is 2.00 bits per heavy atom. The molecule has 3 rings (SSSR count). The third-order valence-corrected chi connectivity index (χ3v) is 4.32. The number of hydrogen-bond acceptors (Lipinski definition) is 2. The van der Waals surface area contributed by atoms with E-state index in [-0.39, 0.29) is 5.91 Å². The van der Waals surface area contributed by atoms with Crippen molar-refractivity contribution >= 4 is 22.4 Å². The first kappa shape index (κ1) is 14.1. The van der Waals surface area contributed by atoms with Crippen LogP contribution in [0.4, 0.5) is 5.69 Å². The average Bonchev–Trinajstić information content (AvgIpc) is 2.49. The average molecular weight is 282 g/mol. The van der Waals surface area contributed by atoms with Gasteiger partial charge in [0.25, 0.3) is 0 Å². The molecule has 1 saturated heterocycles. The van der Waals surface area contributed by atoms with Crippen LogP contribution < -0.4 is 5.32 Å². The molecule has 110 valence electrons. The zero-order chi connectivity index (χ0) is 14.7. The second-order valence-corrected chi connectivity index (χ2v) is 5.93. The molecule has 1 fully saturated rings. The summed E-state index contributed by atoms with van der Waals surface area (Å²) >= 11 is 0. The number of likely N-dealkylation sites (tertiary alicyclic amines) is 1. The van der Waals surface area contributed by atoms with Crippen LogP contribution in [0.2, 0.25) is 0 Å². The summed E-state index contributed by atoms with van der Waals surface area (Å²) in [7, 11) is 0. The van der Waals surface area contributed by atoms with Crippen LogP contribution in [0, 0.1) is 0 Å². The Labute approximate surface area is 125 Å². The smallest absolute Gasteiger partial charge is 0.238 e. The van der Waals surface area contributed by atoms with Crippen LogP contribution in [0.3, 0.4) is 0 Å². The topological polar surface area (TPSA) is 32.3 Å².